The molecule has 1 amide bonds. The quantitative estimate of drug-likeness (QED) is 0.746. The van der Waals surface area contributed by atoms with Crippen molar-refractivity contribution in [2.75, 3.05) is 12.4 Å². The minimum absolute atomic E-state index is 0.346. The maximum absolute atomic E-state index is 12.4. The molecule has 1 atom stereocenters. The molecule has 1 unspecified atom stereocenters. The number of hydrogen-bond acceptors (Lipinski definition) is 6. The van der Waals surface area contributed by atoms with E-state index in [1.54, 1.807) is 20.1 Å². The monoisotopic (exact) mass is 370 g/mol. The van der Waals surface area contributed by atoms with Crippen molar-refractivity contribution in [3.63, 3.8) is 0 Å². The molecule has 134 valence electrons. The highest BCUT2D eigenvalue weighted by Crippen LogP contribution is 2.20. The molecule has 2 aromatic heterocycles. The van der Waals surface area contributed by atoms with E-state index in [9.17, 15) is 9.59 Å². The van der Waals surface area contributed by atoms with Gasteiger partial charge in [-0.25, -0.2) is 9.67 Å². The summed E-state index contributed by atoms with van der Waals surface area (Å²) in [6.07, 6.45) is 0. The maximum atomic E-state index is 12.4. The van der Waals surface area contributed by atoms with Crippen LogP contribution in [0.25, 0.3) is 11.3 Å². The van der Waals surface area contributed by atoms with Crippen molar-refractivity contribution in [1.82, 2.24) is 14.8 Å². The summed E-state index contributed by atoms with van der Waals surface area (Å²) in [5.41, 5.74) is 1.90. The predicted molar refractivity (Wildman–Crippen MR) is 101 cm³/mol. The number of hydrogen-bond donors (Lipinski definition) is 1. The van der Waals surface area contributed by atoms with E-state index in [4.69, 9.17) is 4.74 Å². The summed E-state index contributed by atoms with van der Waals surface area (Å²) in [4.78, 5) is 28.8. The summed E-state index contributed by atoms with van der Waals surface area (Å²) in [6, 6.07) is 9.59. The second-order valence-electron chi connectivity index (χ2n) is 5.69. The molecule has 0 saturated heterocycles. The fourth-order valence-corrected chi connectivity index (χ4v) is 3.04. The Labute approximate surface area is 154 Å². The number of rotatable bonds is 5. The largest absolute Gasteiger partial charge is 0.497 e. The number of carbonyl (C=O) groups is 1. The average molecular weight is 370 g/mol. The number of thiazole rings is 1. The van der Waals surface area contributed by atoms with E-state index < -0.39 is 6.04 Å². The van der Waals surface area contributed by atoms with Crippen LogP contribution in [0, 0.1) is 6.92 Å². The minimum atomic E-state index is -0.773. The van der Waals surface area contributed by atoms with Crippen LogP contribution in [0.15, 0.2) is 46.6 Å². The van der Waals surface area contributed by atoms with Gasteiger partial charge >= 0.3 is 0 Å². The summed E-state index contributed by atoms with van der Waals surface area (Å²) < 4.78 is 6.32. The molecule has 0 bridgehead atoms. The third kappa shape index (κ3) is 3.80. The van der Waals surface area contributed by atoms with Gasteiger partial charge in [-0.2, -0.15) is 5.10 Å². The van der Waals surface area contributed by atoms with Crippen LogP contribution in [0.3, 0.4) is 0 Å². The van der Waals surface area contributed by atoms with Crippen molar-refractivity contribution in [3.8, 4) is 17.0 Å². The molecule has 26 heavy (non-hydrogen) atoms. The van der Waals surface area contributed by atoms with Gasteiger partial charge < -0.3 is 10.1 Å². The number of carbonyl (C=O) groups excluding carboxylic acids is 1. The Kier molecular flexibility index (Phi) is 5.13. The third-order valence-electron chi connectivity index (χ3n) is 3.81. The molecule has 2 heterocycles. The molecule has 0 aliphatic heterocycles. The average Bonchev–Trinajstić information content (AvgIpc) is 3.06. The van der Waals surface area contributed by atoms with E-state index in [1.165, 1.54) is 22.1 Å². The zero-order chi connectivity index (χ0) is 18.7. The molecule has 0 saturated carbocycles. The van der Waals surface area contributed by atoms with Gasteiger partial charge in [-0.1, -0.05) is 0 Å². The lowest BCUT2D eigenvalue weighted by molar-refractivity contribution is -0.119. The zero-order valence-corrected chi connectivity index (χ0v) is 15.4. The van der Waals surface area contributed by atoms with Gasteiger partial charge in [0.25, 0.3) is 11.5 Å². The van der Waals surface area contributed by atoms with Crippen molar-refractivity contribution in [3.05, 3.63) is 57.8 Å². The van der Waals surface area contributed by atoms with Crippen molar-refractivity contribution in [2.24, 2.45) is 0 Å². The Bertz CT molecular complexity index is 979. The van der Waals surface area contributed by atoms with Crippen molar-refractivity contribution >= 4 is 22.4 Å². The van der Waals surface area contributed by atoms with Gasteiger partial charge in [-0.3, -0.25) is 9.59 Å². The lowest BCUT2D eigenvalue weighted by atomic mass is 10.1. The third-order valence-corrected chi connectivity index (χ3v) is 4.68. The maximum Gasteiger partial charge on any atom is 0.267 e. The fourth-order valence-electron chi connectivity index (χ4n) is 2.35. The predicted octanol–water partition coefficient (Wildman–Crippen LogP) is 2.88. The molecule has 8 heteroatoms. The number of benzene rings is 1. The first kappa shape index (κ1) is 17.8. The number of amides is 1. The van der Waals surface area contributed by atoms with E-state index in [0.717, 1.165) is 17.0 Å². The lowest BCUT2D eigenvalue weighted by Crippen LogP contribution is -2.33. The van der Waals surface area contributed by atoms with E-state index in [-0.39, 0.29) is 11.5 Å². The molecular formula is C18H18N4O3S. The number of nitrogens with zero attached hydrogens (tertiary/aromatic N) is 3. The van der Waals surface area contributed by atoms with Gasteiger partial charge in [0.2, 0.25) is 0 Å². The van der Waals surface area contributed by atoms with Crippen LogP contribution in [0.5, 0.6) is 5.75 Å². The highest BCUT2D eigenvalue weighted by molar-refractivity contribution is 7.13. The molecule has 1 N–H and O–H groups in total. The number of nitrogens with one attached hydrogen (secondary N) is 1. The lowest BCUT2D eigenvalue weighted by Gasteiger charge is -2.14. The van der Waals surface area contributed by atoms with Crippen LogP contribution in [-0.4, -0.2) is 27.8 Å². The molecule has 0 aliphatic carbocycles. The van der Waals surface area contributed by atoms with Crippen molar-refractivity contribution < 1.29 is 9.53 Å². The minimum Gasteiger partial charge on any atom is -0.497 e. The van der Waals surface area contributed by atoms with E-state index >= 15 is 0 Å². The van der Waals surface area contributed by atoms with Crippen molar-refractivity contribution in [1.29, 1.82) is 0 Å². The normalized spacial score (nSPS) is 11.8. The van der Waals surface area contributed by atoms with Gasteiger partial charge in [0.15, 0.2) is 5.13 Å². The number of aromatic nitrogens is 3. The second kappa shape index (κ2) is 7.49. The summed E-state index contributed by atoms with van der Waals surface area (Å²) >= 11 is 1.34. The Morgan fingerprint density at radius 3 is 2.58 bits per heavy atom. The molecule has 0 fully saturated rings. The van der Waals surface area contributed by atoms with Crippen LogP contribution >= 0.6 is 11.3 Å². The molecule has 0 radical (unpaired) electrons. The molecule has 1 aromatic carbocycles. The summed E-state index contributed by atoms with van der Waals surface area (Å²) in [7, 11) is 1.59. The highest BCUT2D eigenvalue weighted by atomic mass is 32.1. The molecule has 3 aromatic rings. The van der Waals surface area contributed by atoms with Crippen LogP contribution < -0.4 is 15.6 Å². The van der Waals surface area contributed by atoms with E-state index in [2.05, 4.69) is 15.4 Å². The van der Waals surface area contributed by atoms with Gasteiger partial charge in [0.05, 0.1) is 18.5 Å². The van der Waals surface area contributed by atoms with Crippen molar-refractivity contribution in [2.45, 2.75) is 19.9 Å². The standard InChI is InChI=1S/C18H18N4O3S/c1-11-10-26-18(19-11)20-17(24)12(2)22-16(23)9-8-15(21-22)13-4-6-14(25-3)7-5-13/h4-10,12H,1-3H3,(H,19,20,24). The SMILES string of the molecule is COc1ccc(-c2ccc(=O)n(C(C)C(=O)Nc3nc(C)cs3)n2)cc1. The van der Waals surface area contributed by atoms with Gasteiger partial charge in [0.1, 0.15) is 11.8 Å². The molecular weight excluding hydrogens is 352 g/mol. The molecule has 0 aliphatic rings. The Balaban J connectivity index is 1.86. The fraction of sp³-hybridized carbons (Fsp3) is 0.222. The molecule has 3 rings (SSSR count). The van der Waals surface area contributed by atoms with Gasteiger partial charge in [0, 0.05) is 17.0 Å². The van der Waals surface area contributed by atoms with Crippen LogP contribution in [0.1, 0.15) is 18.7 Å². The van der Waals surface area contributed by atoms with E-state index in [1.807, 2.05) is 36.6 Å². The first-order valence-corrected chi connectivity index (χ1v) is 8.83. The number of ether oxygens (including phenoxy) is 1. The Morgan fingerprint density at radius 1 is 1.23 bits per heavy atom. The van der Waals surface area contributed by atoms with Crippen LogP contribution in [0.2, 0.25) is 0 Å². The highest BCUT2D eigenvalue weighted by Gasteiger charge is 2.19. The summed E-state index contributed by atoms with van der Waals surface area (Å²) in [6.45, 7) is 3.47. The molecule has 0 spiro atoms. The summed E-state index contributed by atoms with van der Waals surface area (Å²) in [5.74, 6) is 0.384. The van der Waals surface area contributed by atoms with Gasteiger partial charge in [-0.05, 0) is 44.2 Å². The Hall–Kier alpha value is -3.00. The summed E-state index contributed by atoms with van der Waals surface area (Å²) in [5, 5.41) is 9.41. The number of aryl methyl sites for hydroxylation is 1. The number of anilines is 1. The first-order valence-electron chi connectivity index (χ1n) is 7.95. The van der Waals surface area contributed by atoms with Crippen LogP contribution in [0.4, 0.5) is 5.13 Å². The van der Waals surface area contributed by atoms with E-state index in [0.29, 0.717) is 10.8 Å². The first-order chi connectivity index (χ1) is 12.5. The zero-order valence-electron chi connectivity index (χ0n) is 14.6. The van der Waals surface area contributed by atoms with Gasteiger partial charge in [-0.15, -0.1) is 11.3 Å². The topological polar surface area (TPSA) is 86.1 Å². The van der Waals surface area contributed by atoms with Crippen LogP contribution in [-0.2, 0) is 4.79 Å². The second-order valence-corrected chi connectivity index (χ2v) is 6.55. The Morgan fingerprint density at radius 2 is 1.96 bits per heavy atom. The number of methoxy groups -OCH3 is 1. The smallest absolute Gasteiger partial charge is 0.267 e. The molecule has 7 nitrogen and oxygen atoms in total.